The zero-order valence-electron chi connectivity index (χ0n) is 9.58. The van der Waals surface area contributed by atoms with Crippen molar-refractivity contribution in [2.75, 3.05) is 26.0 Å². The summed E-state index contributed by atoms with van der Waals surface area (Å²) in [7, 11) is 1.59. The van der Waals surface area contributed by atoms with E-state index >= 15 is 0 Å². The monoisotopic (exact) mass is 265 g/mol. The lowest BCUT2D eigenvalue weighted by Gasteiger charge is -1.96. The third kappa shape index (κ3) is 20.9. The smallest absolute Gasteiger partial charge is 0.317 e. The van der Waals surface area contributed by atoms with Crippen molar-refractivity contribution in [3.63, 3.8) is 0 Å². The van der Waals surface area contributed by atoms with E-state index in [0.29, 0.717) is 5.75 Å². The second kappa shape index (κ2) is 14.9. The average Bonchev–Trinajstić information content (AvgIpc) is 2.87. The molecule has 17 heavy (non-hydrogen) atoms. The maximum absolute atomic E-state index is 9.54. The number of carbonyl (C=O) groups is 1. The summed E-state index contributed by atoms with van der Waals surface area (Å²) in [5.74, 6) is -0.492. The summed E-state index contributed by atoms with van der Waals surface area (Å²) in [4.78, 5) is 16.0. The summed E-state index contributed by atoms with van der Waals surface area (Å²) in [6.45, 7) is -0.149. The van der Waals surface area contributed by atoms with E-state index in [1.54, 1.807) is 25.8 Å². The van der Waals surface area contributed by atoms with Crippen molar-refractivity contribution < 1.29 is 20.1 Å². The fraction of sp³-hybridized carbons (Fsp3) is 0.556. The molecular formula is C9H19N3O4S. The van der Waals surface area contributed by atoms with Crippen LogP contribution >= 0.6 is 12.6 Å². The second-order valence-corrected chi connectivity index (χ2v) is 3.07. The first-order valence-electron chi connectivity index (χ1n) is 4.77. The van der Waals surface area contributed by atoms with E-state index in [0.717, 1.165) is 0 Å². The molecule has 1 heterocycles. The van der Waals surface area contributed by atoms with E-state index in [4.69, 9.17) is 15.3 Å². The van der Waals surface area contributed by atoms with Gasteiger partial charge in [0.2, 0.25) is 0 Å². The molecular weight excluding hydrogens is 246 g/mol. The highest BCUT2D eigenvalue weighted by molar-refractivity contribution is 7.80. The summed E-state index contributed by atoms with van der Waals surface area (Å²) in [6, 6.07) is 0. The van der Waals surface area contributed by atoms with Crippen LogP contribution in [0.1, 0.15) is 0 Å². The quantitative estimate of drug-likeness (QED) is 0.387. The number of likely N-dealkylation sites (N-methyl/N-ethyl adjacent to an activating group) is 1. The summed E-state index contributed by atoms with van der Waals surface area (Å²) in [5.41, 5.74) is 0. The van der Waals surface area contributed by atoms with E-state index < -0.39 is 12.1 Å². The molecule has 0 bridgehead atoms. The number of carboxylic acids is 1. The molecule has 1 atom stereocenters. The van der Waals surface area contributed by atoms with E-state index in [1.165, 1.54) is 0 Å². The second-order valence-electron chi connectivity index (χ2n) is 2.70. The number of aromatic amines is 1. The summed E-state index contributed by atoms with van der Waals surface area (Å²) < 4.78 is 0. The van der Waals surface area contributed by atoms with Crippen LogP contribution in [0.5, 0.6) is 0 Å². The zero-order chi connectivity index (χ0) is 13.5. The van der Waals surface area contributed by atoms with Crippen LogP contribution in [0.3, 0.4) is 0 Å². The van der Waals surface area contributed by atoms with Crippen molar-refractivity contribution in [1.82, 2.24) is 15.3 Å². The number of nitrogens with one attached hydrogen (secondary N) is 2. The first kappa shape index (κ1) is 18.3. The van der Waals surface area contributed by atoms with Crippen LogP contribution in [-0.2, 0) is 4.79 Å². The first-order chi connectivity index (χ1) is 8.08. The Morgan fingerprint density at radius 1 is 1.65 bits per heavy atom. The molecule has 100 valence electrons. The van der Waals surface area contributed by atoms with E-state index in [2.05, 4.69) is 27.9 Å². The van der Waals surface area contributed by atoms with Gasteiger partial charge in [0.15, 0.2) is 0 Å². The van der Waals surface area contributed by atoms with Crippen LogP contribution < -0.4 is 5.32 Å². The van der Waals surface area contributed by atoms with Crippen molar-refractivity contribution >= 4 is 18.6 Å². The predicted octanol–water partition coefficient (Wildman–Crippen LogP) is -1.03. The van der Waals surface area contributed by atoms with Gasteiger partial charge in [-0.2, -0.15) is 12.6 Å². The van der Waals surface area contributed by atoms with Gasteiger partial charge in [-0.3, -0.25) is 4.79 Å². The van der Waals surface area contributed by atoms with Gasteiger partial charge >= 0.3 is 5.97 Å². The van der Waals surface area contributed by atoms with Gasteiger partial charge in [0, 0.05) is 18.1 Å². The normalized spacial score (nSPS) is 10.4. The molecule has 0 aliphatic rings. The van der Waals surface area contributed by atoms with Crippen LogP contribution in [0.2, 0.25) is 0 Å². The number of hydrogen-bond acceptors (Lipinski definition) is 6. The minimum atomic E-state index is -0.822. The third-order valence-electron chi connectivity index (χ3n) is 1.16. The fourth-order valence-corrected chi connectivity index (χ4v) is 0.540. The predicted molar refractivity (Wildman–Crippen MR) is 67.1 cm³/mol. The lowest BCUT2D eigenvalue weighted by molar-refractivity contribution is -0.135. The number of imidazole rings is 1. The lowest BCUT2D eigenvalue weighted by atomic mass is 10.4. The first-order valence-corrected chi connectivity index (χ1v) is 5.40. The largest absolute Gasteiger partial charge is 0.480 e. The standard InChI is InChI=1S/C3H4N2.C3H7NO2.C3H8O2S/c1-2-5-3-4-1;1-4-2-3(5)6;4-1-3(5)2-6/h1-3H,(H,4,5);4H,2H2,1H3,(H,5,6);3-6H,1-2H2. The van der Waals surface area contributed by atoms with Crippen LogP contribution in [-0.4, -0.2) is 63.3 Å². The maximum Gasteiger partial charge on any atom is 0.317 e. The Bertz CT molecular complexity index is 225. The Morgan fingerprint density at radius 3 is 2.35 bits per heavy atom. The minimum Gasteiger partial charge on any atom is -0.480 e. The van der Waals surface area contributed by atoms with Crippen LogP contribution in [0.15, 0.2) is 18.7 Å². The number of hydrogen-bond donors (Lipinski definition) is 6. The van der Waals surface area contributed by atoms with Crippen LogP contribution in [0.25, 0.3) is 0 Å². The van der Waals surface area contributed by atoms with Crippen molar-refractivity contribution in [1.29, 1.82) is 0 Å². The summed E-state index contributed by atoms with van der Waals surface area (Å²) in [6.07, 6.45) is 4.44. The Kier molecular flexibility index (Phi) is 16.0. The molecule has 1 rings (SSSR count). The van der Waals surface area contributed by atoms with Crippen molar-refractivity contribution in [2.45, 2.75) is 6.10 Å². The van der Waals surface area contributed by atoms with Gasteiger partial charge in [0.05, 0.1) is 25.6 Å². The molecule has 0 spiro atoms. The Hall–Kier alpha value is -1.09. The van der Waals surface area contributed by atoms with Gasteiger partial charge < -0.3 is 25.6 Å². The Balaban J connectivity index is 0. The molecule has 5 N–H and O–H groups in total. The van der Waals surface area contributed by atoms with E-state index in [1.807, 2.05) is 0 Å². The van der Waals surface area contributed by atoms with Gasteiger partial charge in [-0.1, -0.05) is 0 Å². The number of aliphatic hydroxyl groups excluding tert-OH is 2. The van der Waals surface area contributed by atoms with E-state index in [9.17, 15) is 4.79 Å². The molecule has 1 aromatic heterocycles. The van der Waals surface area contributed by atoms with Crippen LogP contribution in [0, 0.1) is 0 Å². The zero-order valence-corrected chi connectivity index (χ0v) is 10.5. The molecule has 0 aromatic carbocycles. The van der Waals surface area contributed by atoms with Crippen molar-refractivity contribution in [3.8, 4) is 0 Å². The minimum absolute atomic E-state index is 0.0417. The molecule has 1 aromatic rings. The number of aliphatic carboxylic acids is 1. The molecule has 0 saturated carbocycles. The van der Waals surface area contributed by atoms with Crippen molar-refractivity contribution in [2.24, 2.45) is 0 Å². The third-order valence-corrected chi connectivity index (χ3v) is 1.58. The lowest BCUT2D eigenvalue weighted by Crippen LogP contribution is -2.16. The number of carboxylic acid groups (broad SMARTS) is 1. The molecule has 1 unspecified atom stereocenters. The maximum atomic E-state index is 9.54. The molecule has 0 amide bonds. The topological polar surface area (TPSA) is 118 Å². The molecule has 7 nitrogen and oxygen atoms in total. The average molecular weight is 265 g/mol. The Morgan fingerprint density at radius 2 is 2.29 bits per heavy atom. The SMILES string of the molecule is CNCC(=O)O.OCC(O)CS.c1c[nH]cn1. The number of H-pyrrole nitrogens is 1. The molecule has 0 radical (unpaired) electrons. The highest BCUT2D eigenvalue weighted by atomic mass is 32.1. The summed E-state index contributed by atoms with van der Waals surface area (Å²) >= 11 is 3.69. The number of nitrogens with zero attached hydrogens (tertiary/aromatic N) is 1. The van der Waals surface area contributed by atoms with Gasteiger partial charge in [0.25, 0.3) is 0 Å². The van der Waals surface area contributed by atoms with E-state index in [-0.39, 0.29) is 13.2 Å². The Labute approximate surface area is 105 Å². The molecule has 8 heteroatoms. The number of aromatic nitrogens is 2. The van der Waals surface area contributed by atoms with Gasteiger partial charge in [0.1, 0.15) is 0 Å². The molecule has 0 aliphatic carbocycles. The number of thiol groups is 1. The van der Waals surface area contributed by atoms with Gasteiger partial charge in [-0.05, 0) is 7.05 Å². The number of aliphatic hydroxyl groups is 2. The van der Waals surface area contributed by atoms with Crippen molar-refractivity contribution in [3.05, 3.63) is 18.7 Å². The molecule has 0 aliphatic heterocycles. The van der Waals surface area contributed by atoms with Gasteiger partial charge in [-0.15, -0.1) is 0 Å². The number of rotatable bonds is 4. The fourth-order valence-electron chi connectivity index (χ4n) is 0.424. The highest BCUT2D eigenvalue weighted by Gasteiger charge is 1.93. The highest BCUT2D eigenvalue weighted by Crippen LogP contribution is 1.81. The van der Waals surface area contributed by atoms with Gasteiger partial charge in [-0.25, -0.2) is 4.98 Å². The van der Waals surface area contributed by atoms with Crippen LogP contribution in [0.4, 0.5) is 0 Å². The molecule has 0 fully saturated rings. The molecule has 0 saturated heterocycles. The summed E-state index contributed by atoms with van der Waals surface area (Å²) in [5, 5.41) is 26.7.